The van der Waals surface area contributed by atoms with Crippen LogP contribution in [0.25, 0.3) is 16.5 Å². The van der Waals surface area contributed by atoms with Gasteiger partial charge in [0, 0.05) is 24.3 Å². The summed E-state index contributed by atoms with van der Waals surface area (Å²) >= 11 is 0. The fourth-order valence-electron chi connectivity index (χ4n) is 4.24. The molecule has 0 bridgehead atoms. The van der Waals surface area contributed by atoms with Crippen molar-refractivity contribution in [3.05, 3.63) is 89.5 Å². The number of nitrogens with zero attached hydrogens (tertiary/aromatic N) is 3. The molecule has 166 valence electrons. The first kappa shape index (κ1) is 20.9. The minimum Gasteiger partial charge on any atom is -0.357 e. The Hall–Kier alpha value is -4.00. The number of aromatic nitrogens is 2. The molecule has 0 spiro atoms. The lowest BCUT2D eigenvalue weighted by Crippen LogP contribution is -2.27. The molecule has 1 aliphatic heterocycles. The van der Waals surface area contributed by atoms with E-state index < -0.39 is 5.82 Å². The normalized spacial score (nSPS) is 13.5. The first-order valence-corrected chi connectivity index (χ1v) is 11.0. The van der Waals surface area contributed by atoms with E-state index in [-0.39, 0.29) is 17.3 Å². The number of nitrogens with one attached hydrogen (secondary N) is 2. The van der Waals surface area contributed by atoms with Crippen molar-refractivity contribution in [2.24, 2.45) is 0 Å². The second-order valence-corrected chi connectivity index (χ2v) is 8.31. The minimum absolute atomic E-state index is 0.223. The number of halogens is 1. The lowest BCUT2D eigenvalue weighted by molar-refractivity contribution is 0.101. The number of hydrogen-bond acceptors (Lipinski definition) is 3. The number of aryl methyl sites for hydroxylation is 1. The lowest BCUT2D eigenvalue weighted by Gasteiger charge is -2.18. The fourth-order valence-corrected chi connectivity index (χ4v) is 4.24. The molecular formula is C26H24FN5O. The number of carbonyl (C=O) groups excluding carboxylic acids is 1. The summed E-state index contributed by atoms with van der Waals surface area (Å²) < 4.78 is 16.3. The maximum Gasteiger partial charge on any atom is 0.274 e. The second kappa shape index (κ2) is 8.50. The molecule has 1 aromatic heterocycles. The predicted molar refractivity (Wildman–Crippen MR) is 128 cm³/mol. The molecule has 0 aliphatic carbocycles. The molecule has 4 aromatic rings. The van der Waals surface area contributed by atoms with Crippen LogP contribution in [0.3, 0.4) is 0 Å². The van der Waals surface area contributed by atoms with Crippen LogP contribution in [0.5, 0.6) is 0 Å². The molecule has 33 heavy (non-hydrogen) atoms. The van der Waals surface area contributed by atoms with Crippen molar-refractivity contribution >= 4 is 28.2 Å². The van der Waals surface area contributed by atoms with Gasteiger partial charge in [0.05, 0.1) is 5.69 Å². The Bertz CT molecular complexity index is 1350. The first-order valence-electron chi connectivity index (χ1n) is 11.0. The van der Waals surface area contributed by atoms with Crippen LogP contribution in [0.4, 0.5) is 10.1 Å². The van der Waals surface area contributed by atoms with Gasteiger partial charge in [0.15, 0.2) is 0 Å². The summed E-state index contributed by atoms with van der Waals surface area (Å²) in [5.74, 6) is -0.327. The standard InChI is InChI=1S/C26H24FN5O/c1-17-14-24(32(30-17)23-16-20-7-3-2-6-19(20)15-22(23)27)26(33)29-21-10-8-18(9-11-21)25(28)31-12-4-5-13-31/h2-3,6-11,14-16,28H,4-5,12-13H2,1H3,(H,29,33). The number of amidine groups is 1. The van der Waals surface area contributed by atoms with Crippen molar-refractivity contribution < 1.29 is 9.18 Å². The molecule has 0 unspecified atom stereocenters. The van der Waals surface area contributed by atoms with Crippen molar-refractivity contribution in [2.45, 2.75) is 19.8 Å². The number of carbonyl (C=O) groups is 1. The third kappa shape index (κ3) is 4.09. The number of fused-ring (bicyclic) bond motifs is 1. The molecule has 1 aliphatic rings. The zero-order valence-electron chi connectivity index (χ0n) is 18.3. The van der Waals surface area contributed by atoms with Crippen LogP contribution in [-0.4, -0.2) is 39.5 Å². The average molecular weight is 442 g/mol. The van der Waals surface area contributed by atoms with Gasteiger partial charge in [-0.2, -0.15) is 5.10 Å². The third-order valence-corrected chi connectivity index (χ3v) is 5.95. The summed E-state index contributed by atoms with van der Waals surface area (Å²) in [6, 6.07) is 19.5. The molecule has 6 nitrogen and oxygen atoms in total. The van der Waals surface area contributed by atoms with Crippen LogP contribution in [-0.2, 0) is 0 Å². The number of anilines is 1. The van der Waals surface area contributed by atoms with Gasteiger partial charge >= 0.3 is 0 Å². The highest BCUT2D eigenvalue weighted by molar-refractivity contribution is 6.04. The maximum absolute atomic E-state index is 14.9. The second-order valence-electron chi connectivity index (χ2n) is 8.31. The van der Waals surface area contributed by atoms with E-state index in [1.54, 1.807) is 31.2 Å². The third-order valence-electron chi connectivity index (χ3n) is 5.95. The number of hydrogen-bond donors (Lipinski definition) is 2. The van der Waals surface area contributed by atoms with Gasteiger partial charge in [0.2, 0.25) is 0 Å². The summed E-state index contributed by atoms with van der Waals surface area (Å²) in [6.07, 6.45) is 2.23. The number of rotatable bonds is 4. The number of amides is 1. The molecule has 2 heterocycles. The molecule has 2 N–H and O–H groups in total. The van der Waals surface area contributed by atoms with Crippen LogP contribution in [0.1, 0.15) is 34.6 Å². The fraction of sp³-hybridized carbons (Fsp3) is 0.192. The van der Waals surface area contributed by atoms with E-state index in [0.29, 0.717) is 17.2 Å². The SMILES string of the molecule is Cc1cc(C(=O)Nc2ccc(C(=N)N3CCCC3)cc2)n(-c2cc3ccccc3cc2F)n1. The Morgan fingerprint density at radius 3 is 2.36 bits per heavy atom. The molecule has 1 saturated heterocycles. The average Bonchev–Trinajstić information content (AvgIpc) is 3.49. The van der Waals surface area contributed by atoms with Crippen molar-refractivity contribution in [3.8, 4) is 5.69 Å². The highest BCUT2D eigenvalue weighted by Gasteiger charge is 2.19. The maximum atomic E-state index is 14.9. The summed E-state index contributed by atoms with van der Waals surface area (Å²) in [5, 5.41) is 17.3. The highest BCUT2D eigenvalue weighted by atomic mass is 19.1. The van der Waals surface area contributed by atoms with Crippen molar-refractivity contribution in [1.82, 2.24) is 14.7 Å². The van der Waals surface area contributed by atoms with E-state index in [1.807, 2.05) is 36.4 Å². The van der Waals surface area contributed by atoms with Crippen molar-refractivity contribution in [1.29, 1.82) is 5.41 Å². The van der Waals surface area contributed by atoms with Gasteiger partial charge < -0.3 is 10.2 Å². The summed E-state index contributed by atoms with van der Waals surface area (Å²) in [6.45, 7) is 3.59. The smallest absolute Gasteiger partial charge is 0.274 e. The van der Waals surface area contributed by atoms with Crippen LogP contribution >= 0.6 is 0 Å². The molecule has 0 radical (unpaired) electrons. The predicted octanol–water partition coefficient (Wildman–Crippen LogP) is 5.15. The molecule has 1 amide bonds. The van der Waals surface area contributed by atoms with Gasteiger partial charge in [-0.15, -0.1) is 0 Å². The number of likely N-dealkylation sites (tertiary alicyclic amines) is 1. The lowest BCUT2D eigenvalue weighted by atomic mass is 10.1. The van der Waals surface area contributed by atoms with Gasteiger partial charge in [-0.1, -0.05) is 24.3 Å². The van der Waals surface area contributed by atoms with E-state index in [2.05, 4.69) is 15.3 Å². The van der Waals surface area contributed by atoms with Crippen molar-refractivity contribution in [3.63, 3.8) is 0 Å². The summed E-state index contributed by atoms with van der Waals surface area (Å²) in [7, 11) is 0. The van der Waals surface area contributed by atoms with Gasteiger partial charge in [-0.25, -0.2) is 9.07 Å². The molecule has 7 heteroatoms. The van der Waals surface area contributed by atoms with Crippen LogP contribution < -0.4 is 5.32 Å². The Balaban J connectivity index is 1.40. The Morgan fingerprint density at radius 2 is 1.67 bits per heavy atom. The van der Waals surface area contributed by atoms with Crippen LogP contribution in [0.2, 0.25) is 0 Å². The quantitative estimate of drug-likeness (QED) is 0.340. The number of benzene rings is 3. The topological polar surface area (TPSA) is 74.0 Å². The van der Waals surface area contributed by atoms with E-state index in [0.717, 1.165) is 42.3 Å². The van der Waals surface area contributed by atoms with Crippen molar-refractivity contribution in [2.75, 3.05) is 18.4 Å². The monoisotopic (exact) mass is 441 g/mol. The summed E-state index contributed by atoms with van der Waals surface area (Å²) in [4.78, 5) is 15.1. The van der Waals surface area contributed by atoms with E-state index in [1.165, 1.54) is 10.7 Å². The zero-order chi connectivity index (χ0) is 22.9. The Kier molecular flexibility index (Phi) is 5.38. The zero-order valence-corrected chi connectivity index (χ0v) is 18.3. The van der Waals surface area contributed by atoms with E-state index in [4.69, 9.17) is 5.41 Å². The Morgan fingerprint density at radius 1 is 1.00 bits per heavy atom. The first-order chi connectivity index (χ1) is 16.0. The molecular weight excluding hydrogens is 417 g/mol. The van der Waals surface area contributed by atoms with Gasteiger partial charge in [-0.05, 0) is 73.0 Å². The van der Waals surface area contributed by atoms with Crippen LogP contribution in [0, 0.1) is 18.2 Å². The summed E-state index contributed by atoms with van der Waals surface area (Å²) in [5.41, 5.74) is 2.50. The van der Waals surface area contributed by atoms with E-state index in [9.17, 15) is 9.18 Å². The highest BCUT2D eigenvalue weighted by Crippen LogP contribution is 2.24. The molecule has 0 atom stereocenters. The largest absolute Gasteiger partial charge is 0.357 e. The molecule has 5 rings (SSSR count). The van der Waals surface area contributed by atoms with Gasteiger partial charge in [0.1, 0.15) is 23.0 Å². The molecule has 3 aromatic carbocycles. The molecule has 1 fully saturated rings. The van der Waals surface area contributed by atoms with E-state index >= 15 is 0 Å². The minimum atomic E-state index is -0.448. The van der Waals surface area contributed by atoms with Crippen LogP contribution in [0.15, 0.2) is 66.7 Å². The van der Waals surface area contributed by atoms with Gasteiger partial charge in [-0.3, -0.25) is 10.2 Å². The molecule has 0 saturated carbocycles. The van der Waals surface area contributed by atoms with Gasteiger partial charge in [0.25, 0.3) is 5.91 Å². The Labute approximate surface area is 191 Å².